The molecule has 0 unspecified atom stereocenters. The Balaban J connectivity index is 1.27. The molecule has 0 bridgehead atoms. The van der Waals surface area contributed by atoms with E-state index in [1.807, 2.05) is 37.1 Å². The fourth-order valence-electron chi connectivity index (χ4n) is 6.60. The molecular formula is C40H45N7O4. The van der Waals surface area contributed by atoms with Crippen LogP contribution in [0.1, 0.15) is 58.1 Å². The van der Waals surface area contributed by atoms with Gasteiger partial charge in [0.1, 0.15) is 18.2 Å². The number of carbonyl (C=O) groups is 3. The molecular weight excluding hydrogens is 642 g/mol. The molecule has 3 amide bonds. The third-order valence-corrected chi connectivity index (χ3v) is 9.08. The quantitative estimate of drug-likeness (QED) is 0.101. The molecule has 0 saturated heterocycles. The van der Waals surface area contributed by atoms with Crippen LogP contribution in [0.25, 0.3) is 55.0 Å². The molecule has 6 aromatic rings. The highest BCUT2D eigenvalue weighted by Crippen LogP contribution is 2.36. The van der Waals surface area contributed by atoms with E-state index < -0.39 is 6.09 Å². The first kappa shape index (κ1) is 35.1. The molecule has 0 aliphatic heterocycles. The molecule has 0 fully saturated rings. The van der Waals surface area contributed by atoms with Crippen molar-refractivity contribution in [2.24, 2.45) is 0 Å². The van der Waals surface area contributed by atoms with E-state index in [4.69, 9.17) is 4.98 Å². The smallest absolute Gasteiger partial charge is 0.407 e. The highest BCUT2D eigenvalue weighted by molar-refractivity contribution is 6.23. The normalized spacial score (nSPS) is 11.3. The maximum Gasteiger partial charge on any atom is 0.407 e. The number of H-pyrrole nitrogens is 2. The molecule has 0 atom stereocenters. The molecule has 0 spiro atoms. The van der Waals surface area contributed by atoms with Crippen molar-refractivity contribution in [1.82, 2.24) is 35.1 Å². The van der Waals surface area contributed by atoms with Crippen LogP contribution in [0.15, 0.2) is 72.9 Å². The van der Waals surface area contributed by atoms with Crippen LogP contribution in [0.2, 0.25) is 0 Å². The standard InChI is InChI=1S/C40H45N7O4/c1-5-10-36(48)46(19-6-2)24-34-41-22-33(43-34)27-15-13-26(14-16-27)28-17-18-31-32(21-28)29-11-8-9-12-30(29)38-39(31)45-35(44-38)25-47(20-7-3)37(49)23-42-40(50)51-4/h8-9,11-18,21-22H,5-7,10,19-20,23-25H2,1-4H3,(H,41,43)(H,42,50)(H,44,45). The zero-order valence-electron chi connectivity index (χ0n) is 29.7. The van der Waals surface area contributed by atoms with Crippen LogP contribution >= 0.6 is 0 Å². The number of methoxy groups -OCH3 is 1. The fraction of sp³-hybridized carbons (Fsp3) is 0.325. The second kappa shape index (κ2) is 15.9. The summed E-state index contributed by atoms with van der Waals surface area (Å²) in [4.78, 5) is 57.2. The van der Waals surface area contributed by atoms with Crippen LogP contribution in [-0.4, -0.2) is 74.4 Å². The van der Waals surface area contributed by atoms with Gasteiger partial charge in [-0.25, -0.2) is 14.8 Å². The molecule has 2 heterocycles. The highest BCUT2D eigenvalue weighted by Gasteiger charge is 2.19. The number of nitrogens with zero attached hydrogens (tertiary/aromatic N) is 4. The molecule has 2 aromatic heterocycles. The van der Waals surface area contributed by atoms with Gasteiger partial charge >= 0.3 is 6.09 Å². The van der Waals surface area contributed by atoms with Gasteiger partial charge in [-0.3, -0.25) is 9.59 Å². The van der Waals surface area contributed by atoms with E-state index in [0.29, 0.717) is 31.9 Å². The summed E-state index contributed by atoms with van der Waals surface area (Å²) < 4.78 is 4.62. The Labute approximate surface area is 297 Å². The van der Waals surface area contributed by atoms with Crippen LogP contribution in [0, 0.1) is 0 Å². The Morgan fingerprint density at radius 3 is 2.10 bits per heavy atom. The van der Waals surface area contributed by atoms with E-state index in [1.54, 1.807) is 4.90 Å². The van der Waals surface area contributed by atoms with Crippen LogP contribution in [-0.2, 0) is 27.4 Å². The number of aromatic amines is 2. The van der Waals surface area contributed by atoms with Crippen molar-refractivity contribution in [3.05, 3.63) is 84.6 Å². The number of amides is 3. The Morgan fingerprint density at radius 1 is 0.725 bits per heavy atom. The summed E-state index contributed by atoms with van der Waals surface area (Å²) in [7, 11) is 1.27. The van der Waals surface area contributed by atoms with Gasteiger partial charge in [0.2, 0.25) is 11.8 Å². The summed E-state index contributed by atoms with van der Waals surface area (Å²) in [5.74, 6) is 1.41. The molecule has 3 N–H and O–H groups in total. The predicted octanol–water partition coefficient (Wildman–Crippen LogP) is 7.56. The summed E-state index contributed by atoms with van der Waals surface area (Å²) in [5.41, 5.74) is 5.88. The number of aromatic nitrogens is 4. The van der Waals surface area contributed by atoms with Crippen molar-refractivity contribution in [3.63, 3.8) is 0 Å². The van der Waals surface area contributed by atoms with Gasteiger partial charge < -0.3 is 29.8 Å². The molecule has 0 radical (unpaired) electrons. The number of imidazole rings is 2. The lowest BCUT2D eigenvalue weighted by Gasteiger charge is -2.21. The number of rotatable bonds is 14. The summed E-state index contributed by atoms with van der Waals surface area (Å²) in [5, 5.41) is 6.75. The number of benzene rings is 4. The van der Waals surface area contributed by atoms with Crippen molar-refractivity contribution in [2.45, 2.75) is 59.5 Å². The number of alkyl carbamates (subject to hydrolysis) is 1. The summed E-state index contributed by atoms with van der Waals surface area (Å²) in [6, 6.07) is 23.2. The van der Waals surface area contributed by atoms with Crippen LogP contribution in [0.3, 0.4) is 0 Å². The lowest BCUT2D eigenvalue weighted by atomic mass is 9.95. The maximum absolute atomic E-state index is 13.0. The number of nitrogens with one attached hydrogen (secondary N) is 3. The van der Waals surface area contributed by atoms with E-state index in [-0.39, 0.29) is 24.9 Å². The molecule has 11 nitrogen and oxygen atoms in total. The predicted molar refractivity (Wildman–Crippen MR) is 201 cm³/mol. The molecule has 264 valence electrons. The van der Waals surface area contributed by atoms with Gasteiger partial charge in [-0.1, -0.05) is 81.4 Å². The maximum atomic E-state index is 13.0. The Morgan fingerprint density at radius 2 is 1.39 bits per heavy atom. The molecule has 0 saturated carbocycles. The van der Waals surface area contributed by atoms with E-state index in [0.717, 1.165) is 80.0 Å². The zero-order chi connectivity index (χ0) is 35.9. The number of hydrogen-bond donors (Lipinski definition) is 3. The monoisotopic (exact) mass is 687 g/mol. The van der Waals surface area contributed by atoms with E-state index >= 15 is 0 Å². The van der Waals surface area contributed by atoms with Gasteiger partial charge in [0, 0.05) is 30.3 Å². The van der Waals surface area contributed by atoms with E-state index in [9.17, 15) is 14.4 Å². The third kappa shape index (κ3) is 7.72. The molecule has 0 aliphatic carbocycles. The van der Waals surface area contributed by atoms with Crippen molar-refractivity contribution in [3.8, 4) is 22.4 Å². The lowest BCUT2D eigenvalue weighted by molar-refractivity contribution is -0.132. The minimum absolute atomic E-state index is 0.148. The zero-order valence-corrected chi connectivity index (χ0v) is 29.7. The highest BCUT2D eigenvalue weighted by atomic mass is 16.5. The van der Waals surface area contributed by atoms with E-state index in [2.05, 4.69) is 86.5 Å². The van der Waals surface area contributed by atoms with Gasteiger partial charge in [0.15, 0.2) is 0 Å². The fourth-order valence-corrected chi connectivity index (χ4v) is 6.60. The van der Waals surface area contributed by atoms with Gasteiger partial charge in [-0.2, -0.15) is 0 Å². The van der Waals surface area contributed by atoms with Gasteiger partial charge in [-0.05, 0) is 52.8 Å². The Hall–Kier alpha value is -5.71. The van der Waals surface area contributed by atoms with Crippen molar-refractivity contribution in [2.75, 3.05) is 26.7 Å². The van der Waals surface area contributed by atoms with Crippen LogP contribution in [0.4, 0.5) is 4.79 Å². The van der Waals surface area contributed by atoms with Crippen molar-refractivity contribution in [1.29, 1.82) is 0 Å². The largest absolute Gasteiger partial charge is 0.453 e. The van der Waals surface area contributed by atoms with Crippen molar-refractivity contribution < 1.29 is 19.1 Å². The minimum Gasteiger partial charge on any atom is -0.453 e. The molecule has 11 heteroatoms. The van der Waals surface area contributed by atoms with E-state index in [1.165, 1.54) is 7.11 Å². The molecule has 0 aliphatic rings. The first-order chi connectivity index (χ1) is 24.8. The average Bonchev–Trinajstić information content (AvgIpc) is 3.81. The minimum atomic E-state index is -0.643. The summed E-state index contributed by atoms with van der Waals surface area (Å²) >= 11 is 0. The van der Waals surface area contributed by atoms with Crippen molar-refractivity contribution >= 4 is 50.5 Å². The topological polar surface area (TPSA) is 136 Å². The third-order valence-electron chi connectivity index (χ3n) is 9.08. The number of carbonyl (C=O) groups excluding carboxylic acids is 3. The Kier molecular flexibility index (Phi) is 10.9. The average molecular weight is 688 g/mol. The van der Waals surface area contributed by atoms with Gasteiger partial charge in [0.25, 0.3) is 0 Å². The number of hydrogen-bond acceptors (Lipinski definition) is 6. The van der Waals surface area contributed by atoms with Crippen LogP contribution in [0.5, 0.6) is 0 Å². The molecule has 4 aromatic carbocycles. The van der Waals surface area contributed by atoms with Crippen LogP contribution < -0.4 is 5.32 Å². The van der Waals surface area contributed by atoms with Gasteiger partial charge in [0.05, 0.1) is 43.1 Å². The Bertz CT molecular complexity index is 2170. The lowest BCUT2D eigenvalue weighted by Crippen LogP contribution is -2.40. The number of fused-ring (bicyclic) bond motifs is 6. The van der Waals surface area contributed by atoms with Gasteiger partial charge in [-0.15, -0.1) is 0 Å². The first-order valence-electron chi connectivity index (χ1n) is 17.7. The summed E-state index contributed by atoms with van der Waals surface area (Å²) in [6.07, 6.45) is 4.24. The number of ether oxygens (including phenoxy) is 1. The molecule has 6 rings (SSSR count). The second-order valence-electron chi connectivity index (χ2n) is 12.8. The first-order valence-corrected chi connectivity index (χ1v) is 17.7. The SMILES string of the molecule is CCCC(=O)N(CCC)Cc1ncc(-c2ccc(-c3ccc4c(c3)c3ccccc3c3nc(CN(CCC)C(=O)CNC(=O)OC)[nH]c43)cc2)[nH]1. The second-order valence-corrected chi connectivity index (χ2v) is 12.8. The summed E-state index contributed by atoms with van der Waals surface area (Å²) in [6.45, 7) is 7.97. The molecule has 51 heavy (non-hydrogen) atoms.